The van der Waals surface area contributed by atoms with Crippen molar-refractivity contribution < 1.29 is 4.79 Å². The van der Waals surface area contributed by atoms with Gasteiger partial charge in [-0.05, 0) is 24.5 Å². The Bertz CT molecular complexity index is 412. The summed E-state index contributed by atoms with van der Waals surface area (Å²) >= 11 is 0. The molecular weight excluding hydrogens is 202 g/mol. The number of benzene rings is 1. The van der Waals surface area contributed by atoms with Crippen LogP contribution in [0.4, 0.5) is 10.5 Å². The van der Waals surface area contributed by atoms with Gasteiger partial charge < -0.3 is 11.5 Å². The van der Waals surface area contributed by atoms with E-state index in [0.717, 1.165) is 24.1 Å². The number of carbonyl (C=O) groups excluding carboxylic acids is 1. The summed E-state index contributed by atoms with van der Waals surface area (Å²) in [4.78, 5) is 12.7. The van der Waals surface area contributed by atoms with E-state index >= 15 is 0 Å². The zero-order chi connectivity index (χ0) is 11.8. The number of rotatable bonds is 3. The zero-order valence-electron chi connectivity index (χ0n) is 9.44. The van der Waals surface area contributed by atoms with Crippen LogP contribution < -0.4 is 16.4 Å². The van der Waals surface area contributed by atoms with E-state index in [1.165, 1.54) is 4.90 Å². The molecule has 0 heterocycles. The number of hydrogen-bond acceptors (Lipinski definition) is 2. The summed E-state index contributed by atoms with van der Waals surface area (Å²) in [5.41, 5.74) is 13.2. The molecule has 0 aromatic heterocycles. The van der Waals surface area contributed by atoms with Gasteiger partial charge in [-0.3, -0.25) is 4.90 Å². The van der Waals surface area contributed by atoms with Crippen LogP contribution in [0.15, 0.2) is 24.3 Å². The van der Waals surface area contributed by atoms with Gasteiger partial charge in [-0.2, -0.15) is 0 Å². The third kappa shape index (κ3) is 1.65. The van der Waals surface area contributed by atoms with Gasteiger partial charge in [0.05, 0.1) is 0 Å². The molecule has 0 unspecified atom stereocenters. The maximum absolute atomic E-state index is 11.2. The normalized spacial score (nSPS) is 16.9. The number of carbonyl (C=O) groups is 1. The fourth-order valence-electron chi connectivity index (χ4n) is 2.07. The summed E-state index contributed by atoms with van der Waals surface area (Å²) in [5.74, 6) is 0. The summed E-state index contributed by atoms with van der Waals surface area (Å²) in [6, 6.07) is 7.39. The Balaban J connectivity index is 2.42. The lowest BCUT2D eigenvalue weighted by molar-refractivity contribution is 0.255. The molecule has 0 aliphatic heterocycles. The number of urea groups is 1. The van der Waals surface area contributed by atoms with Crippen molar-refractivity contribution in [3.63, 3.8) is 0 Å². The monoisotopic (exact) mass is 219 g/mol. The van der Waals surface area contributed by atoms with Crippen molar-refractivity contribution in [3.8, 4) is 0 Å². The smallest absolute Gasteiger partial charge is 0.319 e. The molecule has 1 aromatic rings. The summed E-state index contributed by atoms with van der Waals surface area (Å²) < 4.78 is 0. The van der Waals surface area contributed by atoms with Gasteiger partial charge in [0.25, 0.3) is 0 Å². The number of hydrogen-bond donors (Lipinski definition) is 2. The second kappa shape index (κ2) is 3.79. The topological polar surface area (TPSA) is 72.3 Å². The van der Waals surface area contributed by atoms with E-state index < -0.39 is 6.03 Å². The van der Waals surface area contributed by atoms with Crippen molar-refractivity contribution in [2.45, 2.75) is 18.3 Å². The highest BCUT2D eigenvalue weighted by atomic mass is 16.2. The molecule has 1 aliphatic carbocycles. The summed E-state index contributed by atoms with van der Waals surface area (Å²) in [5, 5.41) is 0. The largest absolute Gasteiger partial charge is 0.351 e. The van der Waals surface area contributed by atoms with Crippen LogP contribution >= 0.6 is 0 Å². The average molecular weight is 219 g/mol. The summed E-state index contributed by atoms with van der Waals surface area (Å²) in [7, 11) is 1.69. The minimum absolute atomic E-state index is 0.0697. The number of amides is 2. The SMILES string of the molecule is CN(C(N)=O)c1ccccc1C1(CN)CC1. The van der Waals surface area contributed by atoms with Crippen molar-refractivity contribution >= 4 is 11.7 Å². The Labute approximate surface area is 95.2 Å². The van der Waals surface area contributed by atoms with Crippen LogP contribution in [0.3, 0.4) is 0 Å². The lowest BCUT2D eigenvalue weighted by Gasteiger charge is -2.23. The number of anilines is 1. The van der Waals surface area contributed by atoms with Crippen molar-refractivity contribution in [1.82, 2.24) is 0 Å². The van der Waals surface area contributed by atoms with E-state index in [1.807, 2.05) is 24.3 Å². The van der Waals surface area contributed by atoms with E-state index in [2.05, 4.69) is 0 Å². The number of para-hydroxylation sites is 1. The van der Waals surface area contributed by atoms with E-state index in [0.29, 0.717) is 6.54 Å². The summed E-state index contributed by atoms with van der Waals surface area (Å²) in [6.45, 7) is 0.622. The molecule has 1 aromatic carbocycles. The molecule has 0 radical (unpaired) electrons. The highest BCUT2D eigenvalue weighted by Gasteiger charge is 2.44. The van der Waals surface area contributed by atoms with Gasteiger partial charge in [-0.15, -0.1) is 0 Å². The third-order valence-electron chi connectivity index (χ3n) is 3.41. The van der Waals surface area contributed by atoms with Gasteiger partial charge in [-0.1, -0.05) is 18.2 Å². The van der Waals surface area contributed by atoms with E-state index in [9.17, 15) is 4.79 Å². The van der Waals surface area contributed by atoms with Gasteiger partial charge in [0.15, 0.2) is 0 Å². The maximum atomic E-state index is 11.2. The minimum Gasteiger partial charge on any atom is -0.351 e. The molecule has 0 bridgehead atoms. The first kappa shape index (κ1) is 11.0. The van der Waals surface area contributed by atoms with Gasteiger partial charge in [-0.25, -0.2) is 4.79 Å². The number of nitrogens with zero attached hydrogens (tertiary/aromatic N) is 1. The summed E-state index contributed by atoms with van der Waals surface area (Å²) in [6.07, 6.45) is 2.18. The van der Waals surface area contributed by atoms with Crippen LogP contribution in [0.25, 0.3) is 0 Å². The zero-order valence-corrected chi connectivity index (χ0v) is 9.44. The van der Waals surface area contributed by atoms with Crippen molar-refractivity contribution in [2.24, 2.45) is 11.5 Å². The van der Waals surface area contributed by atoms with E-state index in [1.54, 1.807) is 7.05 Å². The fraction of sp³-hybridized carbons (Fsp3) is 0.417. The van der Waals surface area contributed by atoms with Crippen LogP contribution in [0.2, 0.25) is 0 Å². The molecular formula is C12H17N3O. The molecule has 4 heteroatoms. The third-order valence-corrected chi connectivity index (χ3v) is 3.41. The van der Waals surface area contributed by atoms with Crippen LogP contribution in [0.5, 0.6) is 0 Å². The Kier molecular flexibility index (Phi) is 2.59. The lowest BCUT2D eigenvalue weighted by Crippen LogP contribution is -2.34. The standard InChI is InChI=1S/C12H17N3O/c1-15(11(14)16)10-5-3-2-4-9(10)12(8-13)6-7-12/h2-5H,6-8,13H2,1H3,(H2,14,16). The molecule has 86 valence electrons. The average Bonchev–Trinajstić information content (AvgIpc) is 3.09. The van der Waals surface area contributed by atoms with Gasteiger partial charge in [0.2, 0.25) is 0 Å². The van der Waals surface area contributed by atoms with Crippen molar-refractivity contribution in [2.75, 3.05) is 18.5 Å². The Morgan fingerprint density at radius 2 is 2.06 bits per heavy atom. The Morgan fingerprint density at radius 3 is 2.56 bits per heavy atom. The first-order chi connectivity index (χ1) is 7.60. The second-order valence-electron chi connectivity index (χ2n) is 4.40. The quantitative estimate of drug-likeness (QED) is 0.801. The van der Waals surface area contributed by atoms with Gasteiger partial charge in [0, 0.05) is 24.7 Å². The first-order valence-electron chi connectivity index (χ1n) is 5.43. The van der Waals surface area contributed by atoms with Crippen LogP contribution in [0, 0.1) is 0 Å². The van der Waals surface area contributed by atoms with Crippen molar-refractivity contribution in [3.05, 3.63) is 29.8 Å². The molecule has 16 heavy (non-hydrogen) atoms. The molecule has 0 saturated heterocycles. The molecule has 1 saturated carbocycles. The van der Waals surface area contributed by atoms with Crippen molar-refractivity contribution in [1.29, 1.82) is 0 Å². The Hall–Kier alpha value is -1.55. The maximum Gasteiger partial charge on any atom is 0.319 e. The highest BCUT2D eigenvalue weighted by molar-refractivity contribution is 5.91. The molecule has 2 amide bonds. The van der Waals surface area contributed by atoms with Gasteiger partial charge in [0.1, 0.15) is 0 Å². The molecule has 4 nitrogen and oxygen atoms in total. The first-order valence-corrected chi connectivity index (χ1v) is 5.43. The number of primary amides is 1. The van der Waals surface area contributed by atoms with Crippen LogP contribution in [-0.4, -0.2) is 19.6 Å². The number of nitrogens with two attached hydrogens (primary N) is 2. The Morgan fingerprint density at radius 1 is 1.44 bits per heavy atom. The molecule has 0 atom stereocenters. The molecule has 0 spiro atoms. The lowest BCUT2D eigenvalue weighted by atomic mass is 9.94. The second-order valence-corrected chi connectivity index (χ2v) is 4.40. The van der Waals surface area contributed by atoms with E-state index in [-0.39, 0.29) is 5.41 Å². The molecule has 2 rings (SSSR count). The fourth-order valence-corrected chi connectivity index (χ4v) is 2.07. The highest BCUT2D eigenvalue weighted by Crippen LogP contribution is 2.50. The predicted octanol–water partition coefficient (Wildman–Crippen LogP) is 1.19. The van der Waals surface area contributed by atoms with Crippen LogP contribution in [0.1, 0.15) is 18.4 Å². The molecule has 4 N–H and O–H groups in total. The van der Waals surface area contributed by atoms with E-state index in [4.69, 9.17) is 11.5 Å². The predicted molar refractivity (Wildman–Crippen MR) is 64.4 cm³/mol. The van der Waals surface area contributed by atoms with Crippen LogP contribution in [-0.2, 0) is 5.41 Å². The van der Waals surface area contributed by atoms with Gasteiger partial charge >= 0.3 is 6.03 Å². The minimum atomic E-state index is -0.444. The molecule has 1 fully saturated rings. The molecule has 1 aliphatic rings.